The highest BCUT2D eigenvalue weighted by molar-refractivity contribution is 7.13. The summed E-state index contributed by atoms with van der Waals surface area (Å²) in [5.41, 5.74) is 1.61. The molecular formula is C13H16N6OS. The molecule has 2 aromatic heterocycles. The Bertz CT molecular complexity index is 568. The summed E-state index contributed by atoms with van der Waals surface area (Å²) in [6.07, 6.45) is 4.18. The molecule has 1 aliphatic heterocycles. The number of carbonyl (C=O) groups is 1. The van der Waals surface area contributed by atoms with Crippen molar-refractivity contribution in [3.63, 3.8) is 0 Å². The summed E-state index contributed by atoms with van der Waals surface area (Å²) >= 11 is 1.33. The van der Waals surface area contributed by atoms with Gasteiger partial charge >= 0.3 is 0 Å². The number of nitrogens with zero attached hydrogens (tertiary/aromatic N) is 5. The maximum Gasteiger partial charge on any atom is 0.226 e. The second-order valence-corrected chi connectivity index (χ2v) is 5.84. The van der Waals surface area contributed by atoms with Crippen LogP contribution in [0, 0.1) is 5.92 Å². The summed E-state index contributed by atoms with van der Waals surface area (Å²) in [5, 5.41) is 18.9. The summed E-state index contributed by atoms with van der Waals surface area (Å²) in [7, 11) is 0. The van der Waals surface area contributed by atoms with E-state index in [2.05, 4.69) is 30.6 Å². The molecule has 0 saturated carbocycles. The average Bonchev–Trinajstić information content (AvgIpc) is 3.02. The van der Waals surface area contributed by atoms with Crippen LogP contribution in [-0.2, 0) is 4.79 Å². The predicted octanol–water partition coefficient (Wildman–Crippen LogP) is 1.57. The first-order chi connectivity index (χ1) is 10.3. The van der Waals surface area contributed by atoms with Gasteiger partial charge in [-0.1, -0.05) is 11.3 Å². The number of aromatic nitrogens is 4. The molecule has 8 heteroatoms. The van der Waals surface area contributed by atoms with Crippen molar-refractivity contribution in [2.75, 3.05) is 23.3 Å². The van der Waals surface area contributed by atoms with Gasteiger partial charge in [0.25, 0.3) is 0 Å². The van der Waals surface area contributed by atoms with Crippen LogP contribution in [0.25, 0.3) is 0 Å². The lowest BCUT2D eigenvalue weighted by molar-refractivity contribution is -0.117. The van der Waals surface area contributed by atoms with Gasteiger partial charge in [-0.2, -0.15) is 5.10 Å². The minimum atomic E-state index is 0.0182. The first kappa shape index (κ1) is 13.9. The number of rotatable bonds is 4. The molecule has 0 aromatic carbocycles. The molecule has 1 saturated heterocycles. The highest BCUT2D eigenvalue weighted by Gasteiger charge is 2.22. The summed E-state index contributed by atoms with van der Waals surface area (Å²) in [6, 6.07) is 3.86. The topological polar surface area (TPSA) is 83.9 Å². The van der Waals surface area contributed by atoms with Crippen molar-refractivity contribution in [2.24, 2.45) is 5.92 Å². The third-order valence-corrected chi connectivity index (χ3v) is 4.18. The van der Waals surface area contributed by atoms with Crippen molar-refractivity contribution in [1.82, 2.24) is 20.4 Å². The van der Waals surface area contributed by atoms with Crippen LogP contribution in [0.3, 0.4) is 0 Å². The van der Waals surface area contributed by atoms with Crippen molar-refractivity contribution < 1.29 is 4.79 Å². The summed E-state index contributed by atoms with van der Waals surface area (Å²) in [4.78, 5) is 14.1. The highest BCUT2D eigenvalue weighted by atomic mass is 32.1. The van der Waals surface area contributed by atoms with Gasteiger partial charge < -0.3 is 10.2 Å². The number of carbonyl (C=O) groups excluding carboxylic acids is 1. The van der Waals surface area contributed by atoms with Crippen LogP contribution in [0.4, 0.5) is 10.9 Å². The second kappa shape index (κ2) is 6.57. The smallest absolute Gasteiger partial charge is 0.226 e. The molecule has 0 atom stereocenters. The van der Waals surface area contributed by atoms with Gasteiger partial charge in [0.15, 0.2) is 5.82 Å². The molecule has 0 radical (unpaired) electrons. The average molecular weight is 304 g/mol. The number of anilines is 2. The SMILES string of the molecule is O=C(CC1CCN(c2cccnn2)CC1)Nc1nncs1. The molecule has 0 unspecified atom stereocenters. The Morgan fingerprint density at radius 3 is 2.86 bits per heavy atom. The third kappa shape index (κ3) is 3.72. The van der Waals surface area contributed by atoms with Crippen molar-refractivity contribution in [3.8, 4) is 0 Å². The van der Waals surface area contributed by atoms with Crippen LogP contribution in [0.1, 0.15) is 19.3 Å². The maximum atomic E-state index is 11.9. The van der Waals surface area contributed by atoms with Crippen molar-refractivity contribution in [1.29, 1.82) is 0 Å². The van der Waals surface area contributed by atoms with E-state index in [9.17, 15) is 4.79 Å². The van der Waals surface area contributed by atoms with Gasteiger partial charge in [0, 0.05) is 25.7 Å². The van der Waals surface area contributed by atoms with E-state index in [4.69, 9.17) is 0 Å². The Labute approximate surface area is 126 Å². The molecule has 3 rings (SSSR count). The maximum absolute atomic E-state index is 11.9. The van der Waals surface area contributed by atoms with Gasteiger partial charge in [-0.3, -0.25) is 4.79 Å². The van der Waals surface area contributed by atoms with Gasteiger partial charge in [0.05, 0.1) is 0 Å². The van der Waals surface area contributed by atoms with E-state index >= 15 is 0 Å². The van der Waals surface area contributed by atoms with Crippen LogP contribution in [0.15, 0.2) is 23.8 Å². The van der Waals surface area contributed by atoms with Crippen LogP contribution in [0.5, 0.6) is 0 Å². The van der Waals surface area contributed by atoms with E-state index in [0.717, 1.165) is 31.7 Å². The van der Waals surface area contributed by atoms with Crippen molar-refractivity contribution >= 4 is 28.2 Å². The molecule has 1 fully saturated rings. The Hall–Kier alpha value is -2.09. The molecule has 7 nitrogen and oxygen atoms in total. The standard InChI is InChI=1S/C13H16N6OS/c20-12(16-13-18-15-9-21-13)8-10-3-6-19(7-4-10)11-2-1-5-14-17-11/h1-2,5,9-10H,3-4,6-8H2,(H,16,18,20). The van der Waals surface area contributed by atoms with Gasteiger partial charge in [0.2, 0.25) is 11.0 Å². The zero-order chi connectivity index (χ0) is 14.5. The van der Waals surface area contributed by atoms with E-state index in [1.54, 1.807) is 11.7 Å². The molecule has 1 N–H and O–H groups in total. The predicted molar refractivity (Wildman–Crippen MR) is 80.1 cm³/mol. The van der Waals surface area contributed by atoms with Crippen molar-refractivity contribution in [2.45, 2.75) is 19.3 Å². The molecule has 1 amide bonds. The van der Waals surface area contributed by atoms with Crippen LogP contribution in [-0.4, -0.2) is 39.4 Å². The fourth-order valence-corrected chi connectivity index (χ4v) is 2.95. The minimum Gasteiger partial charge on any atom is -0.355 e. The van der Waals surface area contributed by atoms with Gasteiger partial charge in [-0.25, -0.2) is 0 Å². The molecule has 0 bridgehead atoms. The summed E-state index contributed by atoms with van der Waals surface area (Å²) in [5.74, 6) is 1.34. The van der Waals surface area contributed by atoms with Gasteiger partial charge in [-0.05, 0) is 30.9 Å². The Morgan fingerprint density at radius 2 is 2.19 bits per heavy atom. The number of amides is 1. The molecule has 21 heavy (non-hydrogen) atoms. The highest BCUT2D eigenvalue weighted by Crippen LogP contribution is 2.24. The number of hydrogen-bond donors (Lipinski definition) is 1. The van der Waals surface area contributed by atoms with E-state index in [1.165, 1.54) is 11.3 Å². The molecule has 3 heterocycles. The van der Waals surface area contributed by atoms with E-state index in [-0.39, 0.29) is 5.91 Å². The van der Waals surface area contributed by atoms with Crippen LogP contribution in [0.2, 0.25) is 0 Å². The number of nitrogens with one attached hydrogen (secondary N) is 1. The molecule has 0 spiro atoms. The monoisotopic (exact) mass is 304 g/mol. The van der Waals surface area contributed by atoms with Crippen molar-refractivity contribution in [3.05, 3.63) is 23.8 Å². The Kier molecular flexibility index (Phi) is 4.34. The summed E-state index contributed by atoms with van der Waals surface area (Å²) in [6.45, 7) is 1.82. The lowest BCUT2D eigenvalue weighted by Crippen LogP contribution is -2.35. The van der Waals surface area contributed by atoms with E-state index in [1.807, 2.05) is 12.1 Å². The fraction of sp³-hybridized carbons (Fsp3) is 0.462. The minimum absolute atomic E-state index is 0.0182. The largest absolute Gasteiger partial charge is 0.355 e. The lowest BCUT2D eigenvalue weighted by atomic mass is 9.93. The zero-order valence-electron chi connectivity index (χ0n) is 11.5. The fourth-order valence-electron chi connectivity index (χ4n) is 2.49. The number of hydrogen-bond acceptors (Lipinski definition) is 7. The van der Waals surface area contributed by atoms with Gasteiger partial charge in [-0.15, -0.1) is 15.3 Å². The molecule has 110 valence electrons. The molecule has 1 aliphatic rings. The molecular weight excluding hydrogens is 288 g/mol. The summed E-state index contributed by atoms with van der Waals surface area (Å²) < 4.78 is 0. The zero-order valence-corrected chi connectivity index (χ0v) is 12.3. The normalized spacial score (nSPS) is 15.9. The Balaban J connectivity index is 1.46. The number of piperidine rings is 1. The second-order valence-electron chi connectivity index (χ2n) is 5.01. The first-order valence-electron chi connectivity index (χ1n) is 6.90. The van der Waals surface area contributed by atoms with E-state index < -0.39 is 0 Å². The lowest BCUT2D eigenvalue weighted by Gasteiger charge is -2.32. The third-order valence-electron chi connectivity index (χ3n) is 3.58. The van der Waals surface area contributed by atoms with Crippen LogP contribution >= 0.6 is 11.3 Å². The molecule has 2 aromatic rings. The van der Waals surface area contributed by atoms with Crippen LogP contribution < -0.4 is 10.2 Å². The molecule has 0 aliphatic carbocycles. The first-order valence-corrected chi connectivity index (χ1v) is 7.78. The van der Waals surface area contributed by atoms with Gasteiger partial charge in [0.1, 0.15) is 5.51 Å². The Morgan fingerprint density at radius 1 is 1.33 bits per heavy atom. The van der Waals surface area contributed by atoms with E-state index in [0.29, 0.717) is 17.5 Å². The quantitative estimate of drug-likeness (QED) is 0.923.